The van der Waals surface area contributed by atoms with Gasteiger partial charge in [0.05, 0.1) is 21.8 Å². The molecule has 0 bridgehead atoms. The molecular formula is C24H29N3O2S. The van der Waals surface area contributed by atoms with Crippen LogP contribution >= 0.6 is 11.8 Å². The number of carbonyl (C=O) groups is 1. The summed E-state index contributed by atoms with van der Waals surface area (Å²) < 4.78 is 1.62. The van der Waals surface area contributed by atoms with Crippen molar-refractivity contribution in [3.05, 3.63) is 64.4 Å². The van der Waals surface area contributed by atoms with Crippen molar-refractivity contribution < 1.29 is 4.79 Å². The van der Waals surface area contributed by atoms with Crippen molar-refractivity contribution >= 4 is 28.6 Å². The van der Waals surface area contributed by atoms with Crippen LogP contribution in [0.2, 0.25) is 0 Å². The third kappa shape index (κ3) is 4.43. The number of para-hydroxylation sites is 1. The van der Waals surface area contributed by atoms with Gasteiger partial charge in [-0.05, 0) is 65.8 Å². The van der Waals surface area contributed by atoms with E-state index in [0.717, 1.165) is 11.3 Å². The van der Waals surface area contributed by atoms with Crippen LogP contribution in [0.5, 0.6) is 0 Å². The second-order valence-electron chi connectivity index (χ2n) is 8.08. The molecule has 0 spiro atoms. The number of amides is 1. The normalized spacial score (nSPS) is 12.5. The number of aromatic nitrogens is 2. The molecule has 30 heavy (non-hydrogen) atoms. The zero-order valence-corrected chi connectivity index (χ0v) is 19.2. The third-order valence-electron chi connectivity index (χ3n) is 5.03. The Morgan fingerprint density at radius 1 is 0.967 bits per heavy atom. The fourth-order valence-corrected chi connectivity index (χ4v) is 4.62. The number of nitrogens with zero attached hydrogens (tertiary/aromatic N) is 3. The average Bonchev–Trinajstić information content (AvgIpc) is 2.68. The van der Waals surface area contributed by atoms with E-state index in [4.69, 9.17) is 4.98 Å². The first-order valence-corrected chi connectivity index (χ1v) is 11.2. The van der Waals surface area contributed by atoms with Gasteiger partial charge in [0, 0.05) is 12.1 Å². The summed E-state index contributed by atoms with van der Waals surface area (Å²) in [5, 5.41) is 0.711. The summed E-state index contributed by atoms with van der Waals surface area (Å²) in [4.78, 5) is 33.2. The second-order valence-corrected chi connectivity index (χ2v) is 9.39. The van der Waals surface area contributed by atoms with Gasteiger partial charge in [-0.25, -0.2) is 4.98 Å². The quantitative estimate of drug-likeness (QED) is 0.421. The number of carbonyl (C=O) groups excluding carboxylic acids is 1. The third-order valence-corrected chi connectivity index (χ3v) is 6.07. The van der Waals surface area contributed by atoms with E-state index < -0.39 is 0 Å². The molecule has 3 rings (SSSR count). The molecule has 1 amide bonds. The van der Waals surface area contributed by atoms with Crippen LogP contribution in [0.1, 0.15) is 40.2 Å². The van der Waals surface area contributed by atoms with Gasteiger partial charge in [-0.3, -0.25) is 14.2 Å². The fourth-order valence-electron chi connectivity index (χ4n) is 3.64. The van der Waals surface area contributed by atoms with Crippen LogP contribution in [0, 0.1) is 6.92 Å². The first-order chi connectivity index (χ1) is 14.2. The minimum absolute atomic E-state index is 0.0443. The predicted molar refractivity (Wildman–Crippen MR) is 125 cm³/mol. The summed E-state index contributed by atoms with van der Waals surface area (Å²) in [5.74, 6) is 0.0443. The van der Waals surface area contributed by atoms with Crippen molar-refractivity contribution in [3.63, 3.8) is 0 Å². The molecule has 0 fully saturated rings. The molecule has 0 aliphatic carbocycles. The highest BCUT2D eigenvalue weighted by atomic mass is 32.2. The van der Waals surface area contributed by atoms with Crippen molar-refractivity contribution in [1.29, 1.82) is 0 Å². The smallest absolute Gasteiger partial charge is 0.266 e. The van der Waals surface area contributed by atoms with Crippen LogP contribution in [-0.2, 0) is 4.79 Å². The first kappa shape index (κ1) is 22.1. The van der Waals surface area contributed by atoms with Gasteiger partial charge in [0.15, 0.2) is 5.16 Å². The lowest BCUT2D eigenvalue weighted by Gasteiger charge is -2.33. The van der Waals surface area contributed by atoms with Gasteiger partial charge in [-0.1, -0.05) is 41.6 Å². The van der Waals surface area contributed by atoms with Crippen LogP contribution in [0.4, 0.5) is 0 Å². The van der Waals surface area contributed by atoms with E-state index >= 15 is 0 Å². The largest absolute Gasteiger partial charge is 0.337 e. The lowest BCUT2D eigenvalue weighted by atomic mass is 10.2. The summed E-state index contributed by atoms with van der Waals surface area (Å²) in [6.45, 7) is 12.0. The van der Waals surface area contributed by atoms with Crippen LogP contribution in [0.15, 0.2) is 58.5 Å². The summed E-state index contributed by atoms with van der Waals surface area (Å²) >= 11 is 1.33. The van der Waals surface area contributed by atoms with Gasteiger partial charge in [0.2, 0.25) is 5.91 Å². The molecule has 0 aliphatic heterocycles. The first-order valence-electron chi connectivity index (χ1n) is 10.3. The molecule has 158 valence electrons. The molecule has 1 aromatic heterocycles. The number of benzene rings is 2. The van der Waals surface area contributed by atoms with Crippen molar-refractivity contribution in [3.8, 4) is 5.69 Å². The van der Waals surface area contributed by atoms with Crippen molar-refractivity contribution in [2.24, 2.45) is 0 Å². The number of fused-ring (bicyclic) bond motifs is 1. The fraction of sp³-hybridized carbons (Fsp3) is 0.375. The van der Waals surface area contributed by atoms with Gasteiger partial charge in [-0.2, -0.15) is 0 Å². The van der Waals surface area contributed by atoms with E-state index in [1.165, 1.54) is 11.8 Å². The second kappa shape index (κ2) is 9.04. The average molecular weight is 424 g/mol. The number of thioether (sulfide) groups is 1. The molecule has 0 radical (unpaired) electrons. The van der Waals surface area contributed by atoms with E-state index in [9.17, 15) is 9.59 Å². The molecule has 1 unspecified atom stereocenters. The summed E-state index contributed by atoms with van der Waals surface area (Å²) in [7, 11) is 0. The van der Waals surface area contributed by atoms with Crippen molar-refractivity contribution in [1.82, 2.24) is 14.5 Å². The highest BCUT2D eigenvalue weighted by Gasteiger charge is 2.27. The van der Waals surface area contributed by atoms with Crippen LogP contribution in [-0.4, -0.2) is 37.7 Å². The number of aryl methyl sites for hydroxylation is 1. The van der Waals surface area contributed by atoms with Crippen molar-refractivity contribution in [2.45, 2.75) is 64.0 Å². The van der Waals surface area contributed by atoms with Gasteiger partial charge < -0.3 is 4.90 Å². The topological polar surface area (TPSA) is 55.2 Å². The van der Waals surface area contributed by atoms with Gasteiger partial charge in [0.25, 0.3) is 5.56 Å². The summed E-state index contributed by atoms with van der Waals surface area (Å²) in [5.41, 5.74) is 2.37. The number of hydrogen-bond donors (Lipinski definition) is 0. The van der Waals surface area contributed by atoms with Crippen LogP contribution < -0.4 is 5.56 Å². The maximum Gasteiger partial charge on any atom is 0.266 e. The molecule has 0 N–H and O–H groups in total. The molecule has 3 aromatic rings. The number of rotatable bonds is 6. The molecule has 1 heterocycles. The molecule has 0 saturated heterocycles. The lowest BCUT2D eigenvalue weighted by Crippen LogP contribution is -2.45. The highest BCUT2D eigenvalue weighted by molar-refractivity contribution is 8.00. The molecule has 1 atom stereocenters. The molecule has 6 heteroatoms. The standard InChI is InChI=1S/C24H29N3O2S/c1-15(2)26(16(3)4)22(28)18(6)30-24-25-21-10-8-7-9-20(21)23(29)27(24)19-13-11-17(5)12-14-19/h7-16,18H,1-6H3. The Hall–Kier alpha value is -2.60. The zero-order chi connectivity index (χ0) is 22.0. The Labute approximate surface area is 182 Å². The van der Waals surface area contributed by atoms with Crippen LogP contribution in [0.3, 0.4) is 0 Å². The lowest BCUT2D eigenvalue weighted by molar-refractivity contribution is -0.133. The molecule has 0 saturated carbocycles. The Balaban J connectivity index is 2.10. The predicted octanol–water partition coefficient (Wildman–Crippen LogP) is 4.82. The maximum absolute atomic E-state index is 13.4. The minimum Gasteiger partial charge on any atom is -0.337 e. The van der Waals surface area contributed by atoms with E-state index in [2.05, 4.69) is 0 Å². The van der Waals surface area contributed by atoms with Gasteiger partial charge in [-0.15, -0.1) is 0 Å². The van der Waals surface area contributed by atoms with Gasteiger partial charge in [0.1, 0.15) is 0 Å². The zero-order valence-electron chi connectivity index (χ0n) is 18.4. The maximum atomic E-state index is 13.4. The summed E-state index contributed by atoms with van der Waals surface area (Å²) in [6, 6.07) is 15.3. The summed E-state index contributed by atoms with van der Waals surface area (Å²) in [6.07, 6.45) is 0. The molecule has 0 aliphatic rings. The highest BCUT2D eigenvalue weighted by Crippen LogP contribution is 2.27. The van der Waals surface area contributed by atoms with E-state index in [1.807, 2.05) is 88.9 Å². The number of hydrogen-bond acceptors (Lipinski definition) is 4. The Bertz CT molecular complexity index is 1100. The SMILES string of the molecule is Cc1ccc(-n2c(SC(C)C(=O)N(C(C)C)C(C)C)nc3ccccc3c2=O)cc1. The molecule has 5 nitrogen and oxygen atoms in total. The van der Waals surface area contributed by atoms with Gasteiger partial charge >= 0.3 is 0 Å². The van der Waals surface area contributed by atoms with E-state index in [0.29, 0.717) is 16.1 Å². The van der Waals surface area contributed by atoms with E-state index in [-0.39, 0.29) is 28.8 Å². The molecule has 2 aromatic carbocycles. The van der Waals surface area contributed by atoms with Crippen LogP contribution in [0.25, 0.3) is 16.6 Å². The van der Waals surface area contributed by atoms with Crippen molar-refractivity contribution in [2.75, 3.05) is 0 Å². The Morgan fingerprint density at radius 3 is 2.17 bits per heavy atom. The monoisotopic (exact) mass is 423 g/mol. The Morgan fingerprint density at radius 2 is 1.57 bits per heavy atom. The Kier molecular flexibility index (Phi) is 6.66. The van der Waals surface area contributed by atoms with E-state index in [1.54, 1.807) is 10.6 Å². The molecular weight excluding hydrogens is 394 g/mol. The minimum atomic E-state index is -0.375.